The summed E-state index contributed by atoms with van der Waals surface area (Å²) >= 11 is 0. The molecule has 1 amide bonds. The van der Waals surface area contributed by atoms with Gasteiger partial charge >= 0.3 is 0 Å². The molecule has 4 rings (SSSR count). The summed E-state index contributed by atoms with van der Waals surface area (Å²) in [5.74, 6) is -0.0364. The van der Waals surface area contributed by atoms with Crippen molar-refractivity contribution in [2.75, 3.05) is 32.3 Å². The molecule has 1 atom stereocenters. The fourth-order valence-electron chi connectivity index (χ4n) is 4.38. The van der Waals surface area contributed by atoms with Crippen LogP contribution < -0.4 is 23.8 Å². The van der Waals surface area contributed by atoms with E-state index in [9.17, 15) is 14.7 Å². The summed E-state index contributed by atoms with van der Waals surface area (Å²) < 4.78 is 22.1. The van der Waals surface area contributed by atoms with Crippen molar-refractivity contribution in [2.24, 2.45) is 0 Å². The summed E-state index contributed by atoms with van der Waals surface area (Å²) in [7, 11) is 2.98. The van der Waals surface area contributed by atoms with Gasteiger partial charge < -0.3 is 24.1 Å². The number of amides is 1. The molecule has 37 heavy (non-hydrogen) atoms. The molecule has 1 saturated heterocycles. The monoisotopic (exact) mass is 503 g/mol. The second kappa shape index (κ2) is 11.1. The minimum Gasteiger partial charge on any atom is -0.507 e. The Kier molecular flexibility index (Phi) is 7.67. The molecule has 1 aliphatic rings. The van der Waals surface area contributed by atoms with E-state index in [4.69, 9.17) is 18.9 Å². The van der Waals surface area contributed by atoms with E-state index in [1.54, 1.807) is 36.4 Å². The highest BCUT2D eigenvalue weighted by Gasteiger charge is 2.47. The predicted octanol–water partition coefficient (Wildman–Crippen LogP) is 5.13. The maximum atomic E-state index is 13.5. The predicted molar refractivity (Wildman–Crippen MR) is 140 cm³/mol. The zero-order chi connectivity index (χ0) is 26.5. The Labute approximate surface area is 215 Å². The van der Waals surface area contributed by atoms with Gasteiger partial charge in [-0.1, -0.05) is 30.3 Å². The molecule has 1 N–H and O–H groups in total. The second-order valence-corrected chi connectivity index (χ2v) is 8.15. The van der Waals surface area contributed by atoms with Gasteiger partial charge in [0.25, 0.3) is 11.7 Å². The van der Waals surface area contributed by atoms with E-state index in [0.717, 1.165) is 0 Å². The van der Waals surface area contributed by atoms with Crippen LogP contribution in [0.2, 0.25) is 0 Å². The summed E-state index contributed by atoms with van der Waals surface area (Å²) in [5.41, 5.74) is 1.39. The fraction of sp³-hybridized carbons (Fsp3) is 0.241. The lowest BCUT2D eigenvalue weighted by Gasteiger charge is -2.26. The number of hydrogen-bond donors (Lipinski definition) is 1. The third-order valence-electron chi connectivity index (χ3n) is 6.02. The van der Waals surface area contributed by atoms with Gasteiger partial charge in [-0.2, -0.15) is 0 Å². The lowest BCUT2D eigenvalue weighted by atomic mass is 9.95. The van der Waals surface area contributed by atoms with Crippen molar-refractivity contribution < 1.29 is 33.6 Å². The molecular weight excluding hydrogens is 474 g/mol. The molecule has 0 spiro atoms. The van der Waals surface area contributed by atoms with Gasteiger partial charge in [0, 0.05) is 17.3 Å². The molecule has 3 aromatic carbocycles. The van der Waals surface area contributed by atoms with Gasteiger partial charge in [0.1, 0.15) is 5.76 Å². The highest BCUT2D eigenvalue weighted by Crippen LogP contribution is 2.44. The van der Waals surface area contributed by atoms with Crippen LogP contribution in [-0.4, -0.2) is 44.2 Å². The van der Waals surface area contributed by atoms with E-state index in [1.165, 1.54) is 19.1 Å². The standard InChI is InChI=1S/C29H29NO7/c1-5-36-22-15-13-20(17-24(22)37-6-2)30-26(18-10-8-7-9-11-18)25(28(32)29(30)33)27(31)19-12-14-21(34-3)23(16-19)35-4/h7-17,26,31H,5-6H2,1-4H3/b27-25+. The lowest BCUT2D eigenvalue weighted by molar-refractivity contribution is -0.132. The fourth-order valence-corrected chi connectivity index (χ4v) is 4.38. The van der Waals surface area contributed by atoms with Crippen LogP contribution in [0.3, 0.4) is 0 Å². The van der Waals surface area contributed by atoms with E-state index >= 15 is 0 Å². The number of benzene rings is 3. The van der Waals surface area contributed by atoms with Crippen molar-refractivity contribution in [1.29, 1.82) is 0 Å². The second-order valence-electron chi connectivity index (χ2n) is 8.15. The average Bonchev–Trinajstić information content (AvgIpc) is 3.19. The number of hydrogen-bond acceptors (Lipinski definition) is 7. The molecule has 3 aromatic rings. The van der Waals surface area contributed by atoms with E-state index in [1.807, 2.05) is 44.2 Å². The number of rotatable bonds is 9. The summed E-state index contributed by atoms with van der Waals surface area (Å²) in [6.45, 7) is 4.55. The summed E-state index contributed by atoms with van der Waals surface area (Å²) in [6, 6.07) is 18.1. The molecule has 8 heteroatoms. The first-order valence-electron chi connectivity index (χ1n) is 11.9. The van der Waals surface area contributed by atoms with Gasteiger partial charge in [-0.05, 0) is 49.7 Å². The van der Waals surface area contributed by atoms with Gasteiger partial charge in [-0.15, -0.1) is 0 Å². The SMILES string of the molecule is CCOc1ccc(N2C(=O)C(=O)/C(=C(/O)c3ccc(OC)c(OC)c3)C2c2ccccc2)cc1OCC. The number of anilines is 1. The van der Waals surface area contributed by atoms with Crippen LogP contribution in [0, 0.1) is 0 Å². The Balaban J connectivity index is 1.91. The van der Waals surface area contributed by atoms with Crippen LogP contribution in [0.4, 0.5) is 5.69 Å². The third-order valence-corrected chi connectivity index (χ3v) is 6.02. The minimum atomic E-state index is -0.873. The Morgan fingerprint density at radius 1 is 0.811 bits per heavy atom. The molecule has 1 heterocycles. The number of carbonyl (C=O) groups excluding carboxylic acids is 2. The number of ether oxygens (including phenoxy) is 4. The first-order chi connectivity index (χ1) is 17.9. The molecule has 0 bridgehead atoms. The third kappa shape index (κ3) is 4.82. The molecule has 0 saturated carbocycles. The summed E-state index contributed by atoms with van der Waals surface area (Å²) in [4.78, 5) is 28.3. The van der Waals surface area contributed by atoms with Crippen LogP contribution in [0.15, 0.2) is 72.3 Å². The number of carbonyl (C=O) groups is 2. The molecule has 1 unspecified atom stereocenters. The average molecular weight is 504 g/mol. The highest BCUT2D eigenvalue weighted by atomic mass is 16.5. The number of aliphatic hydroxyl groups excluding tert-OH is 1. The number of Topliss-reactive ketones (excluding diaryl/α,β-unsaturated/α-hetero) is 1. The number of nitrogens with zero attached hydrogens (tertiary/aromatic N) is 1. The topological polar surface area (TPSA) is 94.5 Å². The molecule has 8 nitrogen and oxygen atoms in total. The van der Waals surface area contributed by atoms with E-state index in [0.29, 0.717) is 53.0 Å². The Hall–Kier alpha value is -4.46. The molecule has 1 fully saturated rings. The van der Waals surface area contributed by atoms with Crippen molar-refractivity contribution in [3.05, 3.63) is 83.4 Å². The van der Waals surface area contributed by atoms with Gasteiger partial charge in [0.2, 0.25) is 0 Å². The van der Waals surface area contributed by atoms with Crippen LogP contribution in [-0.2, 0) is 9.59 Å². The van der Waals surface area contributed by atoms with Crippen molar-refractivity contribution >= 4 is 23.1 Å². The van der Waals surface area contributed by atoms with Crippen molar-refractivity contribution in [3.63, 3.8) is 0 Å². The first-order valence-corrected chi connectivity index (χ1v) is 11.9. The van der Waals surface area contributed by atoms with Gasteiger partial charge in [-0.3, -0.25) is 14.5 Å². The van der Waals surface area contributed by atoms with Crippen molar-refractivity contribution in [2.45, 2.75) is 19.9 Å². The van der Waals surface area contributed by atoms with Crippen LogP contribution in [0.1, 0.15) is 31.0 Å². The Bertz CT molecular complexity index is 1330. The number of aliphatic hydroxyl groups is 1. The van der Waals surface area contributed by atoms with Gasteiger partial charge in [-0.25, -0.2) is 0 Å². The number of methoxy groups -OCH3 is 2. The molecule has 0 aromatic heterocycles. The largest absolute Gasteiger partial charge is 0.507 e. The zero-order valence-electron chi connectivity index (χ0n) is 21.2. The zero-order valence-corrected chi connectivity index (χ0v) is 21.2. The van der Waals surface area contributed by atoms with Crippen molar-refractivity contribution in [3.8, 4) is 23.0 Å². The molecule has 0 radical (unpaired) electrons. The first kappa shape index (κ1) is 25.6. The normalized spacial score (nSPS) is 16.5. The highest BCUT2D eigenvalue weighted by molar-refractivity contribution is 6.51. The summed E-state index contributed by atoms with van der Waals surface area (Å²) in [5, 5.41) is 11.4. The van der Waals surface area contributed by atoms with Gasteiger partial charge in [0.05, 0.1) is 39.0 Å². The smallest absolute Gasteiger partial charge is 0.300 e. The van der Waals surface area contributed by atoms with Crippen LogP contribution >= 0.6 is 0 Å². The van der Waals surface area contributed by atoms with E-state index in [2.05, 4.69) is 0 Å². The lowest BCUT2D eigenvalue weighted by Crippen LogP contribution is -2.29. The Morgan fingerprint density at radius 3 is 2.11 bits per heavy atom. The summed E-state index contributed by atoms with van der Waals surface area (Å²) in [6.07, 6.45) is 0. The van der Waals surface area contributed by atoms with Crippen LogP contribution in [0.25, 0.3) is 5.76 Å². The quantitative estimate of drug-likeness (QED) is 0.246. The van der Waals surface area contributed by atoms with Crippen LogP contribution in [0.5, 0.6) is 23.0 Å². The molecule has 1 aliphatic heterocycles. The molecule has 0 aliphatic carbocycles. The van der Waals surface area contributed by atoms with Gasteiger partial charge in [0.15, 0.2) is 23.0 Å². The van der Waals surface area contributed by atoms with Crippen molar-refractivity contribution in [1.82, 2.24) is 0 Å². The van der Waals surface area contributed by atoms with E-state index in [-0.39, 0.29) is 11.3 Å². The van der Waals surface area contributed by atoms with E-state index < -0.39 is 17.7 Å². The maximum Gasteiger partial charge on any atom is 0.300 e. The molecule has 192 valence electrons. The maximum absolute atomic E-state index is 13.5. The number of ketones is 1. The Morgan fingerprint density at radius 2 is 1.46 bits per heavy atom. The molecular formula is C29H29NO7. The minimum absolute atomic E-state index is 0.0322.